The van der Waals surface area contributed by atoms with Crippen molar-refractivity contribution < 1.29 is 4.92 Å². The zero-order chi connectivity index (χ0) is 19.5. The number of tetrazole rings is 1. The van der Waals surface area contributed by atoms with Crippen molar-refractivity contribution in [2.75, 3.05) is 13.1 Å². The van der Waals surface area contributed by atoms with Crippen molar-refractivity contribution in [3.8, 4) is 5.69 Å². The molecule has 2 aromatic carbocycles. The number of nitro benzene ring substituents is 1. The van der Waals surface area contributed by atoms with E-state index in [2.05, 4.69) is 20.4 Å². The lowest BCUT2D eigenvalue weighted by molar-refractivity contribution is -0.384. The number of likely N-dealkylation sites (tertiary alicyclic amines) is 1. The molecule has 0 radical (unpaired) electrons. The predicted molar refractivity (Wildman–Crippen MR) is 105 cm³/mol. The molecule has 3 aromatic rings. The van der Waals surface area contributed by atoms with Crippen LogP contribution < -0.4 is 0 Å². The van der Waals surface area contributed by atoms with Crippen molar-refractivity contribution in [1.82, 2.24) is 25.1 Å². The van der Waals surface area contributed by atoms with Crippen LogP contribution in [0.3, 0.4) is 0 Å². The molecule has 0 spiro atoms. The summed E-state index contributed by atoms with van der Waals surface area (Å²) in [6, 6.07) is 13.7. The molecule has 0 aliphatic carbocycles. The highest BCUT2D eigenvalue weighted by Crippen LogP contribution is 2.32. The second-order valence-electron chi connectivity index (χ2n) is 6.78. The Morgan fingerprint density at radius 1 is 1.07 bits per heavy atom. The number of nitro groups is 1. The number of hydrogen-bond donors (Lipinski definition) is 0. The monoisotopic (exact) mass is 398 g/mol. The Kier molecular flexibility index (Phi) is 5.31. The van der Waals surface area contributed by atoms with Crippen LogP contribution in [0.25, 0.3) is 5.69 Å². The van der Waals surface area contributed by atoms with Crippen LogP contribution in [0.2, 0.25) is 5.02 Å². The minimum atomic E-state index is -0.378. The van der Waals surface area contributed by atoms with E-state index in [1.54, 1.807) is 28.9 Å². The summed E-state index contributed by atoms with van der Waals surface area (Å²) in [7, 11) is 0. The predicted octanol–water partition coefficient (Wildman–Crippen LogP) is 3.80. The minimum absolute atomic E-state index is 0.0567. The zero-order valence-corrected chi connectivity index (χ0v) is 15.9. The Hall–Kier alpha value is -2.84. The van der Waals surface area contributed by atoms with Gasteiger partial charge in [-0.2, -0.15) is 4.68 Å². The van der Waals surface area contributed by atoms with Gasteiger partial charge in [-0.05, 0) is 60.1 Å². The molecule has 1 aromatic heterocycles. The first-order chi connectivity index (χ1) is 13.6. The van der Waals surface area contributed by atoms with E-state index in [4.69, 9.17) is 11.6 Å². The first-order valence-electron chi connectivity index (χ1n) is 9.16. The maximum absolute atomic E-state index is 11.3. The Bertz CT molecular complexity index is 986. The summed E-state index contributed by atoms with van der Waals surface area (Å²) in [4.78, 5) is 13.2. The van der Waals surface area contributed by atoms with Crippen LogP contribution in [0, 0.1) is 10.1 Å². The Morgan fingerprint density at radius 2 is 1.86 bits per heavy atom. The van der Waals surface area contributed by atoms with Gasteiger partial charge in [-0.15, -0.1) is 5.10 Å². The number of rotatable bonds is 5. The molecule has 144 valence electrons. The zero-order valence-electron chi connectivity index (χ0n) is 15.1. The van der Waals surface area contributed by atoms with Crippen molar-refractivity contribution in [3.63, 3.8) is 0 Å². The molecule has 2 heterocycles. The Balaban J connectivity index is 1.82. The van der Waals surface area contributed by atoms with Gasteiger partial charge in [0.05, 0.1) is 16.7 Å². The van der Waals surface area contributed by atoms with Crippen molar-refractivity contribution in [2.24, 2.45) is 0 Å². The fourth-order valence-electron chi connectivity index (χ4n) is 3.66. The van der Waals surface area contributed by atoms with Crippen LogP contribution in [0.15, 0.2) is 48.5 Å². The van der Waals surface area contributed by atoms with Gasteiger partial charge in [0.2, 0.25) is 0 Å². The van der Waals surface area contributed by atoms with Gasteiger partial charge in [-0.25, -0.2) is 0 Å². The van der Waals surface area contributed by atoms with Crippen LogP contribution in [0.1, 0.15) is 36.7 Å². The van der Waals surface area contributed by atoms with E-state index >= 15 is 0 Å². The number of aromatic nitrogens is 4. The molecule has 1 aliphatic heterocycles. The summed E-state index contributed by atoms with van der Waals surface area (Å²) in [5.41, 5.74) is 1.61. The average Bonchev–Trinajstić information content (AvgIpc) is 3.19. The molecule has 28 heavy (non-hydrogen) atoms. The molecule has 0 unspecified atom stereocenters. The third-order valence-corrected chi connectivity index (χ3v) is 5.18. The lowest BCUT2D eigenvalue weighted by atomic mass is 10.00. The van der Waals surface area contributed by atoms with E-state index in [1.165, 1.54) is 12.5 Å². The number of non-ortho nitro benzene ring substituents is 1. The largest absolute Gasteiger partial charge is 0.290 e. The highest BCUT2D eigenvalue weighted by molar-refractivity contribution is 6.30. The van der Waals surface area contributed by atoms with Gasteiger partial charge < -0.3 is 0 Å². The second kappa shape index (κ2) is 8.04. The van der Waals surface area contributed by atoms with Crippen LogP contribution in [-0.2, 0) is 0 Å². The lowest BCUT2D eigenvalue weighted by Crippen LogP contribution is -2.36. The van der Waals surface area contributed by atoms with Crippen LogP contribution in [0.5, 0.6) is 0 Å². The van der Waals surface area contributed by atoms with Gasteiger partial charge in [0.1, 0.15) is 0 Å². The molecule has 0 bridgehead atoms. The van der Waals surface area contributed by atoms with E-state index in [9.17, 15) is 10.1 Å². The highest BCUT2D eigenvalue weighted by Gasteiger charge is 2.30. The molecule has 9 heteroatoms. The van der Waals surface area contributed by atoms with Crippen molar-refractivity contribution in [2.45, 2.75) is 25.3 Å². The van der Waals surface area contributed by atoms with Crippen LogP contribution in [0.4, 0.5) is 5.69 Å². The first kappa shape index (κ1) is 18.5. The van der Waals surface area contributed by atoms with Crippen LogP contribution >= 0.6 is 11.6 Å². The molecule has 0 amide bonds. The van der Waals surface area contributed by atoms with Gasteiger partial charge in [0, 0.05) is 17.2 Å². The van der Waals surface area contributed by atoms with E-state index in [0.29, 0.717) is 10.8 Å². The topological polar surface area (TPSA) is 90.0 Å². The quantitative estimate of drug-likeness (QED) is 0.479. The molecular formula is C19H19ClN6O2. The van der Waals surface area contributed by atoms with Gasteiger partial charge in [-0.1, -0.05) is 36.2 Å². The van der Waals surface area contributed by atoms with E-state index in [-0.39, 0.29) is 16.7 Å². The third kappa shape index (κ3) is 3.74. The SMILES string of the molecule is O=[N+]([O-])c1cccc([C@@H](c2nnnn2-c2cccc(Cl)c2)N2CCCCC2)c1. The number of hydrogen-bond acceptors (Lipinski definition) is 6. The van der Waals surface area contributed by atoms with Gasteiger partial charge in [-0.3, -0.25) is 15.0 Å². The normalized spacial score (nSPS) is 16.0. The van der Waals surface area contributed by atoms with Gasteiger partial charge in [0.15, 0.2) is 5.82 Å². The van der Waals surface area contributed by atoms with Crippen LogP contribution in [-0.4, -0.2) is 43.1 Å². The summed E-state index contributed by atoms with van der Waals surface area (Å²) in [6.07, 6.45) is 3.33. The maximum atomic E-state index is 11.3. The summed E-state index contributed by atoms with van der Waals surface area (Å²) in [5.74, 6) is 0.615. The van der Waals surface area contributed by atoms with E-state index < -0.39 is 0 Å². The number of nitrogens with zero attached hydrogens (tertiary/aromatic N) is 6. The Morgan fingerprint density at radius 3 is 2.61 bits per heavy atom. The Labute approximate surface area is 166 Å². The van der Waals surface area contributed by atoms with Crippen molar-refractivity contribution >= 4 is 17.3 Å². The van der Waals surface area contributed by atoms with E-state index in [0.717, 1.165) is 37.2 Å². The number of benzene rings is 2. The van der Waals surface area contributed by atoms with Gasteiger partial charge in [0.25, 0.3) is 5.69 Å². The van der Waals surface area contributed by atoms with Gasteiger partial charge >= 0.3 is 0 Å². The fourth-order valence-corrected chi connectivity index (χ4v) is 3.85. The molecule has 1 fully saturated rings. The maximum Gasteiger partial charge on any atom is 0.269 e. The van der Waals surface area contributed by atoms with Crippen molar-refractivity contribution in [1.29, 1.82) is 0 Å². The number of piperidine rings is 1. The molecule has 4 rings (SSSR count). The molecule has 0 N–H and O–H groups in total. The number of halogens is 1. The third-order valence-electron chi connectivity index (χ3n) is 4.94. The summed E-state index contributed by atoms with van der Waals surface area (Å²) in [5, 5.41) is 24.2. The van der Waals surface area contributed by atoms with Crippen molar-refractivity contribution in [3.05, 3.63) is 75.1 Å². The summed E-state index contributed by atoms with van der Waals surface area (Å²) in [6.45, 7) is 1.77. The fraction of sp³-hybridized carbons (Fsp3) is 0.316. The minimum Gasteiger partial charge on any atom is -0.290 e. The second-order valence-corrected chi connectivity index (χ2v) is 7.22. The molecule has 1 atom stereocenters. The molecule has 8 nitrogen and oxygen atoms in total. The molecule has 1 saturated heterocycles. The first-order valence-corrected chi connectivity index (χ1v) is 9.54. The smallest absolute Gasteiger partial charge is 0.269 e. The molecule has 1 aliphatic rings. The molecular weight excluding hydrogens is 380 g/mol. The highest BCUT2D eigenvalue weighted by atomic mass is 35.5. The lowest BCUT2D eigenvalue weighted by Gasteiger charge is -2.33. The average molecular weight is 399 g/mol. The summed E-state index contributed by atoms with van der Waals surface area (Å²) < 4.78 is 1.66. The summed E-state index contributed by atoms with van der Waals surface area (Å²) >= 11 is 6.15. The standard InChI is InChI=1S/C19H19ClN6O2/c20-15-7-5-8-16(13-15)25-19(21-22-23-25)18(24-10-2-1-3-11-24)14-6-4-9-17(12-14)26(27)28/h4-9,12-13,18H,1-3,10-11H2/t18-/m0/s1. The van der Waals surface area contributed by atoms with E-state index in [1.807, 2.05) is 18.2 Å². The molecule has 0 saturated carbocycles.